The van der Waals surface area contributed by atoms with Gasteiger partial charge in [-0.25, -0.2) is 0 Å². The first kappa shape index (κ1) is 15.1. The zero-order chi connectivity index (χ0) is 15.4. The molecule has 1 N–H and O–H groups in total. The maximum atomic E-state index is 11.0. The average molecular weight is 306 g/mol. The van der Waals surface area contributed by atoms with Crippen LogP contribution in [0.5, 0.6) is 5.75 Å². The van der Waals surface area contributed by atoms with Crippen molar-refractivity contribution in [3.8, 4) is 5.75 Å². The Morgan fingerprint density at radius 2 is 2.00 bits per heavy atom. The van der Waals surface area contributed by atoms with Gasteiger partial charge in [-0.2, -0.15) is 0 Å². The van der Waals surface area contributed by atoms with Gasteiger partial charge in [0.25, 0.3) is 0 Å². The van der Waals surface area contributed by atoms with Crippen LogP contribution >= 0.6 is 0 Å². The van der Waals surface area contributed by atoms with Crippen molar-refractivity contribution in [2.24, 2.45) is 0 Å². The van der Waals surface area contributed by atoms with Crippen molar-refractivity contribution in [1.82, 2.24) is 4.90 Å². The lowest BCUT2D eigenvalue weighted by molar-refractivity contribution is -0.135. The number of carboxylic acids is 1. The van der Waals surface area contributed by atoms with Crippen LogP contribution in [0.2, 0.25) is 0 Å². The highest BCUT2D eigenvalue weighted by molar-refractivity contribution is 5.75. The number of hydrogen-bond acceptors (Lipinski definition) is 5. The van der Waals surface area contributed by atoms with Crippen LogP contribution in [0.25, 0.3) is 0 Å². The third kappa shape index (κ3) is 3.69. The molecule has 2 heterocycles. The molecule has 22 heavy (non-hydrogen) atoms. The fourth-order valence-electron chi connectivity index (χ4n) is 2.91. The molecule has 6 nitrogen and oxygen atoms in total. The van der Waals surface area contributed by atoms with Gasteiger partial charge in [-0.3, -0.25) is 9.69 Å². The minimum atomic E-state index is -0.813. The Hall–Kier alpha value is -1.79. The number of carbonyl (C=O) groups is 1. The van der Waals surface area contributed by atoms with E-state index in [1.807, 2.05) is 11.0 Å². The molecule has 0 aromatic heterocycles. The van der Waals surface area contributed by atoms with Crippen molar-refractivity contribution in [2.75, 3.05) is 57.4 Å². The highest BCUT2D eigenvalue weighted by atomic mass is 16.5. The van der Waals surface area contributed by atoms with Gasteiger partial charge in [0.1, 0.15) is 18.9 Å². The van der Waals surface area contributed by atoms with Crippen molar-refractivity contribution in [3.05, 3.63) is 23.8 Å². The summed E-state index contributed by atoms with van der Waals surface area (Å²) < 4.78 is 11.0. The third-order valence-electron chi connectivity index (χ3n) is 4.13. The number of benzene rings is 1. The molecule has 0 aliphatic carbocycles. The van der Waals surface area contributed by atoms with E-state index in [0.29, 0.717) is 13.2 Å². The van der Waals surface area contributed by atoms with Gasteiger partial charge in [-0.05, 0) is 24.1 Å². The second-order valence-corrected chi connectivity index (χ2v) is 5.67. The van der Waals surface area contributed by atoms with Crippen LogP contribution in [0.3, 0.4) is 0 Å². The molecule has 1 aromatic carbocycles. The van der Waals surface area contributed by atoms with E-state index in [9.17, 15) is 4.79 Å². The van der Waals surface area contributed by atoms with E-state index in [-0.39, 0.29) is 6.54 Å². The van der Waals surface area contributed by atoms with E-state index in [1.54, 1.807) is 0 Å². The number of nitrogens with zero attached hydrogens (tertiary/aromatic N) is 2. The summed E-state index contributed by atoms with van der Waals surface area (Å²) in [5.74, 6) is -0.0332. The van der Waals surface area contributed by atoms with E-state index < -0.39 is 5.97 Å². The van der Waals surface area contributed by atoms with E-state index in [1.165, 1.54) is 5.56 Å². The lowest BCUT2D eigenvalue weighted by Gasteiger charge is -2.30. The molecule has 0 amide bonds. The molecule has 0 saturated carbocycles. The molecule has 120 valence electrons. The van der Waals surface area contributed by atoms with Crippen molar-refractivity contribution in [1.29, 1.82) is 0 Å². The SMILES string of the molecule is O=C(O)CN1CCOc2ccc(CCN3CCOCC3)cc21. The molecule has 0 spiro atoms. The maximum absolute atomic E-state index is 11.0. The van der Waals surface area contributed by atoms with Crippen LogP contribution in [0.1, 0.15) is 5.56 Å². The third-order valence-corrected chi connectivity index (χ3v) is 4.13. The summed E-state index contributed by atoms with van der Waals surface area (Å²) in [4.78, 5) is 15.3. The fourth-order valence-corrected chi connectivity index (χ4v) is 2.91. The average Bonchev–Trinajstić information content (AvgIpc) is 2.54. The number of ether oxygens (including phenoxy) is 2. The molecule has 6 heteroatoms. The first-order valence-corrected chi connectivity index (χ1v) is 7.75. The van der Waals surface area contributed by atoms with Crippen molar-refractivity contribution >= 4 is 11.7 Å². The quantitative estimate of drug-likeness (QED) is 0.870. The molecular formula is C16H22N2O4. The van der Waals surface area contributed by atoms with Crippen LogP contribution in [-0.2, 0) is 16.0 Å². The Labute approximate surface area is 130 Å². The number of morpholine rings is 1. The van der Waals surface area contributed by atoms with Crippen LogP contribution in [0.4, 0.5) is 5.69 Å². The number of hydrogen-bond donors (Lipinski definition) is 1. The monoisotopic (exact) mass is 306 g/mol. The number of rotatable bonds is 5. The summed E-state index contributed by atoms with van der Waals surface area (Å²) in [5.41, 5.74) is 2.11. The summed E-state index contributed by atoms with van der Waals surface area (Å²) in [5, 5.41) is 9.03. The Morgan fingerprint density at radius 3 is 2.77 bits per heavy atom. The summed E-state index contributed by atoms with van der Waals surface area (Å²) in [6, 6.07) is 6.10. The molecule has 2 aliphatic heterocycles. The number of fused-ring (bicyclic) bond motifs is 1. The minimum Gasteiger partial charge on any atom is -0.490 e. The normalized spacial score (nSPS) is 18.6. The zero-order valence-electron chi connectivity index (χ0n) is 12.7. The van der Waals surface area contributed by atoms with Gasteiger partial charge in [0.2, 0.25) is 0 Å². The van der Waals surface area contributed by atoms with Crippen LogP contribution in [-0.4, -0.2) is 68.5 Å². The molecule has 0 bridgehead atoms. The van der Waals surface area contributed by atoms with Crippen LogP contribution in [0.15, 0.2) is 18.2 Å². The molecule has 1 aromatic rings. The number of aliphatic carboxylic acids is 1. The Bertz CT molecular complexity index is 529. The Kier molecular flexibility index (Phi) is 4.80. The summed E-state index contributed by atoms with van der Waals surface area (Å²) in [6.45, 7) is 5.76. The molecule has 0 unspecified atom stereocenters. The predicted octanol–water partition coefficient (Wildman–Crippen LogP) is 0.845. The highest BCUT2D eigenvalue weighted by Crippen LogP contribution is 2.32. The van der Waals surface area contributed by atoms with Crippen molar-refractivity contribution in [3.63, 3.8) is 0 Å². The maximum Gasteiger partial charge on any atom is 0.323 e. The second-order valence-electron chi connectivity index (χ2n) is 5.67. The van der Waals surface area contributed by atoms with Gasteiger partial charge in [-0.1, -0.05) is 6.07 Å². The molecule has 0 radical (unpaired) electrons. The molecular weight excluding hydrogens is 284 g/mol. The number of anilines is 1. The van der Waals surface area contributed by atoms with E-state index in [0.717, 1.165) is 50.7 Å². The lowest BCUT2D eigenvalue weighted by atomic mass is 10.1. The standard InChI is InChI=1S/C16H22N2O4/c19-16(20)12-18-7-10-22-15-2-1-13(11-14(15)18)3-4-17-5-8-21-9-6-17/h1-2,11H,3-10,12H2,(H,19,20). The topological polar surface area (TPSA) is 62.2 Å². The summed E-state index contributed by atoms with van der Waals surface area (Å²) in [7, 11) is 0. The molecule has 1 fully saturated rings. The van der Waals surface area contributed by atoms with Gasteiger partial charge >= 0.3 is 5.97 Å². The second kappa shape index (κ2) is 6.98. The van der Waals surface area contributed by atoms with Crippen molar-refractivity contribution < 1.29 is 19.4 Å². The Morgan fingerprint density at radius 1 is 1.18 bits per heavy atom. The van der Waals surface area contributed by atoms with Crippen LogP contribution < -0.4 is 9.64 Å². The van der Waals surface area contributed by atoms with Crippen LogP contribution in [0, 0.1) is 0 Å². The molecule has 2 aliphatic rings. The first-order chi connectivity index (χ1) is 10.7. The van der Waals surface area contributed by atoms with Gasteiger partial charge in [0.15, 0.2) is 0 Å². The Balaban J connectivity index is 1.67. The molecule has 3 rings (SSSR count). The predicted molar refractivity (Wildman–Crippen MR) is 82.7 cm³/mol. The largest absolute Gasteiger partial charge is 0.490 e. The van der Waals surface area contributed by atoms with Gasteiger partial charge in [0.05, 0.1) is 25.4 Å². The van der Waals surface area contributed by atoms with E-state index >= 15 is 0 Å². The molecule has 0 atom stereocenters. The fraction of sp³-hybridized carbons (Fsp3) is 0.562. The lowest BCUT2D eigenvalue weighted by Crippen LogP contribution is -2.38. The van der Waals surface area contributed by atoms with Gasteiger partial charge in [0, 0.05) is 19.6 Å². The van der Waals surface area contributed by atoms with E-state index in [4.69, 9.17) is 14.6 Å². The minimum absolute atomic E-state index is 0.0171. The molecule has 1 saturated heterocycles. The summed E-state index contributed by atoms with van der Waals surface area (Å²) in [6.07, 6.45) is 0.953. The van der Waals surface area contributed by atoms with Gasteiger partial charge in [-0.15, -0.1) is 0 Å². The number of carboxylic acid groups (broad SMARTS) is 1. The van der Waals surface area contributed by atoms with E-state index in [2.05, 4.69) is 17.0 Å². The first-order valence-electron chi connectivity index (χ1n) is 7.75. The highest BCUT2D eigenvalue weighted by Gasteiger charge is 2.20. The smallest absolute Gasteiger partial charge is 0.323 e. The van der Waals surface area contributed by atoms with Crippen molar-refractivity contribution in [2.45, 2.75) is 6.42 Å². The summed E-state index contributed by atoms with van der Waals surface area (Å²) >= 11 is 0. The zero-order valence-corrected chi connectivity index (χ0v) is 12.7. The van der Waals surface area contributed by atoms with Gasteiger partial charge < -0.3 is 19.5 Å².